The SMILES string of the molecule is Cc1nc(-c2cc[nH]c2)sc1C1(CN)CC1. The number of aromatic amines is 1. The summed E-state index contributed by atoms with van der Waals surface area (Å²) in [7, 11) is 0. The third-order valence-electron chi connectivity index (χ3n) is 3.37. The number of hydrogen-bond acceptors (Lipinski definition) is 3. The number of aryl methyl sites for hydroxylation is 1. The lowest BCUT2D eigenvalue weighted by Crippen LogP contribution is -2.19. The molecule has 3 rings (SSSR count). The van der Waals surface area contributed by atoms with Crippen molar-refractivity contribution in [3.05, 3.63) is 29.0 Å². The summed E-state index contributed by atoms with van der Waals surface area (Å²) in [5.74, 6) is 0. The molecule has 84 valence electrons. The molecule has 0 atom stereocenters. The van der Waals surface area contributed by atoms with Gasteiger partial charge in [0.05, 0.1) is 5.69 Å². The first kappa shape index (κ1) is 10.1. The van der Waals surface area contributed by atoms with E-state index in [1.54, 1.807) is 11.3 Å². The monoisotopic (exact) mass is 233 g/mol. The minimum absolute atomic E-state index is 0.260. The minimum atomic E-state index is 0.260. The highest BCUT2D eigenvalue weighted by atomic mass is 32.1. The number of H-pyrrole nitrogens is 1. The Bertz CT molecular complexity index is 494. The van der Waals surface area contributed by atoms with Crippen LogP contribution in [0.2, 0.25) is 0 Å². The van der Waals surface area contributed by atoms with Crippen molar-refractivity contribution in [2.75, 3.05) is 6.54 Å². The largest absolute Gasteiger partial charge is 0.367 e. The molecule has 4 heteroatoms. The summed E-state index contributed by atoms with van der Waals surface area (Å²) in [6.07, 6.45) is 6.36. The van der Waals surface area contributed by atoms with Crippen LogP contribution in [0, 0.1) is 6.92 Å². The smallest absolute Gasteiger partial charge is 0.125 e. The van der Waals surface area contributed by atoms with E-state index in [0.29, 0.717) is 0 Å². The molecule has 1 aliphatic rings. The van der Waals surface area contributed by atoms with Gasteiger partial charge in [-0.3, -0.25) is 0 Å². The summed E-state index contributed by atoms with van der Waals surface area (Å²) in [4.78, 5) is 9.11. The topological polar surface area (TPSA) is 54.7 Å². The number of rotatable bonds is 3. The van der Waals surface area contributed by atoms with Gasteiger partial charge in [0.2, 0.25) is 0 Å². The van der Waals surface area contributed by atoms with Crippen molar-refractivity contribution in [3.63, 3.8) is 0 Å². The van der Waals surface area contributed by atoms with Gasteiger partial charge in [-0.1, -0.05) is 0 Å². The first-order valence-corrected chi connectivity index (χ1v) is 6.38. The van der Waals surface area contributed by atoms with Crippen LogP contribution < -0.4 is 5.73 Å². The van der Waals surface area contributed by atoms with Crippen molar-refractivity contribution in [3.8, 4) is 10.6 Å². The second-order valence-electron chi connectivity index (χ2n) is 4.52. The average molecular weight is 233 g/mol. The Balaban J connectivity index is 2.03. The van der Waals surface area contributed by atoms with Gasteiger partial charge >= 0.3 is 0 Å². The summed E-state index contributed by atoms with van der Waals surface area (Å²) in [6, 6.07) is 2.06. The molecule has 16 heavy (non-hydrogen) atoms. The minimum Gasteiger partial charge on any atom is -0.367 e. The second-order valence-corrected chi connectivity index (χ2v) is 5.52. The lowest BCUT2D eigenvalue weighted by Gasteiger charge is -2.09. The lowest BCUT2D eigenvalue weighted by molar-refractivity contribution is 0.712. The Morgan fingerprint density at radius 3 is 2.94 bits per heavy atom. The molecule has 0 unspecified atom stereocenters. The number of aromatic nitrogens is 2. The maximum absolute atomic E-state index is 5.87. The molecule has 3 nitrogen and oxygen atoms in total. The van der Waals surface area contributed by atoms with Crippen molar-refractivity contribution < 1.29 is 0 Å². The van der Waals surface area contributed by atoms with E-state index < -0.39 is 0 Å². The molecule has 3 N–H and O–H groups in total. The molecule has 2 heterocycles. The fraction of sp³-hybridized carbons (Fsp3) is 0.417. The van der Waals surface area contributed by atoms with E-state index >= 15 is 0 Å². The van der Waals surface area contributed by atoms with E-state index in [4.69, 9.17) is 5.73 Å². The van der Waals surface area contributed by atoms with E-state index in [-0.39, 0.29) is 5.41 Å². The normalized spacial score (nSPS) is 17.6. The standard InChI is InChI=1S/C12H15N3S/c1-8-10(12(7-13)3-4-12)16-11(15-8)9-2-5-14-6-9/h2,5-6,14H,3-4,7,13H2,1H3. The van der Waals surface area contributed by atoms with E-state index in [9.17, 15) is 0 Å². The molecular weight excluding hydrogens is 218 g/mol. The average Bonchev–Trinajstić information content (AvgIpc) is 2.74. The number of nitrogens with zero attached hydrogens (tertiary/aromatic N) is 1. The molecule has 0 saturated heterocycles. The molecule has 0 bridgehead atoms. The van der Waals surface area contributed by atoms with Gasteiger partial charge < -0.3 is 10.7 Å². The van der Waals surface area contributed by atoms with Gasteiger partial charge in [-0.05, 0) is 25.8 Å². The van der Waals surface area contributed by atoms with E-state index in [0.717, 1.165) is 17.2 Å². The Morgan fingerprint density at radius 1 is 1.56 bits per heavy atom. The molecule has 0 amide bonds. The number of nitrogens with one attached hydrogen (secondary N) is 1. The number of hydrogen-bond donors (Lipinski definition) is 2. The van der Waals surface area contributed by atoms with Gasteiger partial charge in [-0.2, -0.15) is 0 Å². The molecule has 1 saturated carbocycles. The summed E-state index contributed by atoms with van der Waals surface area (Å²) in [5, 5.41) is 1.11. The Labute approximate surface area is 98.7 Å². The summed E-state index contributed by atoms with van der Waals surface area (Å²) < 4.78 is 0. The lowest BCUT2D eigenvalue weighted by atomic mass is 10.0. The van der Waals surface area contributed by atoms with Gasteiger partial charge in [0.15, 0.2) is 0 Å². The van der Waals surface area contributed by atoms with Crippen LogP contribution in [0.4, 0.5) is 0 Å². The van der Waals surface area contributed by atoms with Crippen LogP contribution in [0.1, 0.15) is 23.4 Å². The van der Waals surface area contributed by atoms with Crippen molar-refractivity contribution >= 4 is 11.3 Å². The van der Waals surface area contributed by atoms with Crippen molar-refractivity contribution in [2.45, 2.75) is 25.2 Å². The molecule has 2 aromatic heterocycles. The summed E-state index contributed by atoms with van der Waals surface area (Å²) >= 11 is 1.80. The molecule has 0 aromatic carbocycles. The zero-order valence-corrected chi connectivity index (χ0v) is 10.1. The molecule has 0 aliphatic heterocycles. The Kier molecular flexibility index (Phi) is 2.16. The molecule has 1 aliphatic carbocycles. The Hall–Kier alpha value is -1.13. The highest BCUT2D eigenvalue weighted by Crippen LogP contribution is 2.51. The second kappa shape index (κ2) is 3.43. The van der Waals surface area contributed by atoms with Crippen LogP contribution in [-0.4, -0.2) is 16.5 Å². The van der Waals surface area contributed by atoms with E-state index in [1.165, 1.54) is 23.3 Å². The van der Waals surface area contributed by atoms with Crippen molar-refractivity contribution in [1.29, 1.82) is 0 Å². The Morgan fingerprint density at radius 2 is 2.38 bits per heavy atom. The van der Waals surface area contributed by atoms with Gasteiger partial charge in [0, 0.05) is 34.8 Å². The molecule has 0 spiro atoms. The number of thiazole rings is 1. The zero-order valence-electron chi connectivity index (χ0n) is 9.29. The highest BCUT2D eigenvalue weighted by molar-refractivity contribution is 7.15. The third-order valence-corrected chi connectivity index (χ3v) is 4.82. The van der Waals surface area contributed by atoms with Crippen LogP contribution in [0.3, 0.4) is 0 Å². The molecule has 2 aromatic rings. The summed E-state index contributed by atoms with van der Waals surface area (Å²) in [5.41, 5.74) is 8.46. The van der Waals surface area contributed by atoms with Gasteiger partial charge in [-0.15, -0.1) is 11.3 Å². The third kappa shape index (κ3) is 1.41. The zero-order chi connectivity index (χ0) is 11.2. The quantitative estimate of drug-likeness (QED) is 0.855. The van der Waals surface area contributed by atoms with E-state index in [2.05, 4.69) is 23.0 Å². The fourth-order valence-electron chi connectivity index (χ4n) is 2.14. The summed E-state index contributed by atoms with van der Waals surface area (Å²) in [6.45, 7) is 2.85. The fourth-order valence-corrected chi connectivity index (χ4v) is 3.46. The van der Waals surface area contributed by atoms with Crippen LogP contribution in [-0.2, 0) is 5.41 Å². The molecular formula is C12H15N3S. The molecule has 0 radical (unpaired) electrons. The van der Waals surface area contributed by atoms with Crippen LogP contribution in [0.25, 0.3) is 10.6 Å². The first-order valence-electron chi connectivity index (χ1n) is 5.56. The predicted molar refractivity (Wildman–Crippen MR) is 66.6 cm³/mol. The van der Waals surface area contributed by atoms with Crippen LogP contribution in [0.15, 0.2) is 18.5 Å². The van der Waals surface area contributed by atoms with Crippen LogP contribution >= 0.6 is 11.3 Å². The highest BCUT2D eigenvalue weighted by Gasteiger charge is 2.45. The van der Waals surface area contributed by atoms with Crippen molar-refractivity contribution in [1.82, 2.24) is 9.97 Å². The predicted octanol–water partition coefficient (Wildman–Crippen LogP) is 2.44. The van der Waals surface area contributed by atoms with Crippen molar-refractivity contribution in [2.24, 2.45) is 5.73 Å². The first-order chi connectivity index (χ1) is 7.75. The van der Waals surface area contributed by atoms with Gasteiger partial charge in [0.25, 0.3) is 0 Å². The maximum Gasteiger partial charge on any atom is 0.125 e. The van der Waals surface area contributed by atoms with E-state index in [1.807, 2.05) is 12.4 Å². The van der Waals surface area contributed by atoms with Crippen LogP contribution in [0.5, 0.6) is 0 Å². The number of nitrogens with two attached hydrogens (primary N) is 1. The maximum atomic E-state index is 5.87. The molecule has 1 fully saturated rings. The van der Waals surface area contributed by atoms with Gasteiger partial charge in [0.1, 0.15) is 5.01 Å². The van der Waals surface area contributed by atoms with Gasteiger partial charge in [-0.25, -0.2) is 4.98 Å².